The molecule has 0 bridgehead atoms. The standard InChI is InChI=1S/C11H14ClNO4S2/c1-7-8(10(14)15)3-2-5-13(7)19(16,17)11-9(12)4-6-18-11/h4,6-8H,2-3,5H2,1H3,(H,14,15)/t7-,8-/m1/s1. The Hall–Kier alpha value is -0.630. The van der Waals surface area contributed by atoms with Gasteiger partial charge in [-0.25, -0.2) is 8.42 Å². The highest BCUT2D eigenvalue weighted by atomic mass is 35.5. The molecule has 0 aliphatic carbocycles. The number of piperidine rings is 1. The summed E-state index contributed by atoms with van der Waals surface area (Å²) in [7, 11) is -3.71. The van der Waals surface area contributed by atoms with E-state index in [-0.39, 0.29) is 9.23 Å². The molecule has 1 fully saturated rings. The van der Waals surface area contributed by atoms with E-state index in [4.69, 9.17) is 16.7 Å². The van der Waals surface area contributed by atoms with Gasteiger partial charge in [0.1, 0.15) is 0 Å². The third-order valence-electron chi connectivity index (χ3n) is 3.37. The zero-order valence-electron chi connectivity index (χ0n) is 10.2. The number of carbonyl (C=O) groups is 1. The smallest absolute Gasteiger partial charge is 0.308 e. The van der Waals surface area contributed by atoms with Crippen LogP contribution in [0, 0.1) is 5.92 Å². The van der Waals surface area contributed by atoms with Crippen molar-refractivity contribution in [3.05, 3.63) is 16.5 Å². The van der Waals surface area contributed by atoms with Crippen molar-refractivity contribution in [2.75, 3.05) is 6.54 Å². The maximum absolute atomic E-state index is 12.5. The molecule has 0 radical (unpaired) electrons. The van der Waals surface area contributed by atoms with Gasteiger partial charge in [-0.3, -0.25) is 4.79 Å². The molecule has 2 rings (SSSR count). The van der Waals surface area contributed by atoms with Crippen LogP contribution in [0.15, 0.2) is 15.7 Å². The molecule has 0 unspecified atom stereocenters. The maximum atomic E-state index is 12.5. The molecule has 106 valence electrons. The minimum absolute atomic E-state index is 0.0899. The van der Waals surface area contributed by atoms with Gasteiger partial charge < -0.3 is 5.11 Å². The zero-order chi connectivity index (χ0) is 14.2. The molecule has 0 amide bonds. The Morgan fingerprint density at radius 2 is 2.26 bits per heavy atom. The Labute approximate surface area is 120 Å². The monoisotopic (exact) mass is 323 g/mol. The van der Waals surface area contributed by atoms with Crippen molar-refractivity contribution in [2.45, 2.75) is 30.0 Å². The van der Waals surface area contributed by atoms with Crippen LogP contribution in [0.4, 0.5) is 0 Å². The van der Waals surface area contributed by atoms with Gasteiger partial charge in [0.25, 0.3) is 10.0 Å². The summed E-state index contributed by atoms with van der Waals surface area (Å²) in [6, 6.07) is 0.969. The van der Waals surface area contributed by atoms with Crippen LogP contribution in [0.3, 0.4) is 0 Å². The summed E-state index contributed by atoms with van der Waals surface area (Å²) >= 11 is 6.93. The van der Waals surface area contributed by atoms with E-state index >= 15 is 0 Å². The quantitative estimate of drug-likeness (QED) is 0.926. The van der Waals surface area contributed by atoms with Crippen LogP contribution >= 0.6 is 22.9 Å². The van der Waals surface area contributed by atoms with Gasteiger partial charge in [-0.1, -0.05) is 11.6 Å². The van der Waals surface area contributed by atoms with Gasteiger partial charge in [-0.2, -0.15) is 4.31 Å². The first-order chi connectivity index (χ1) is 8.85. The fraction of sp³-hybridized carbons (Fsp3) is 0.545. The van der Waals surface area contributed by atoms with E-state index in [9.17, 15) is 13.2 Å². The molecule has 2 heterocycles. The van der Waals surface area contributed by atoms with E-state index in [0.717, 1.165) is 11.3 Å². The van der Waals surface area contributed by atoms with Gasteiger partial charge in [-0.15, -0.1) is 11.3 Å². The van der Waals surface area contributed by atoms with Crippen LogP contribution < -0.4 is 0 Å². The zero-order valence-corrected chi connectivity index (χ0v) is 12.6. The van der Waals surface area contributed by atoms with Gasteiger partial charge in [0.2, 0.25) is 0 Å². The number of rotatable bonds is 3. The largest absolute Gasteiger partial charge is 0.481 e. The minimum Gasteiger partial charge on any atom is -0.481 e. The van der Waals surface area contributed by atoms with Crippen molar-refractivity contribution in [2.24, 2.45) is 5.92 Å². The minimum atomic E-state index is -3.71. The molecule has 8 heteroatoms. The first kappa shape index (κ1) is 14.8. The molecular formula is C11H14ClNO4S2. The summed E-state index contributed by atoms with van der Waals surface area (Å²) in [5.74, 6) is -1.62. The number of aliphatic carboxylic acids is 1. The molecule has 0 spiro atoms. The van der Waals surface area contributed by atoms with E-state index in [1.54, 1.807) is 12.3 Å². The van der Waals surface area contributed by atoms with E-state index in [1.807, 2.05) is 0 Å². The Morgan fingerprint density at radius 3 is 2.79 bits per heavy atom. The number of nitrogens with zero attached hydrogens (tertiary/aromatic N) is 1. The van der Waals surface area contributed by atoms with Gasteiger partial charge in [0.05, 0.1) is 10.9 Å². The lowest BCUT2D eigenvalue weighted by molar-refractivity contribution is -0.144. The van der Waals surface area contributed by atoms with E-state index in [1.165, 1.54) is 10.4 Å². The summed E-state index contributed by atoms with van der Waals surface area (Å²) < 4.78 is 26.4. The topological polar surface area (TPSA) is 74.7 Å². The van der Waals surface area contributed by atoms with Crippen molar-refractivity contribution in [3.63, 3.8) is 0 Å². The first-order valence-electron chi connectivity index (χ1n) is 5.83. The molecule has 19 heavy (non-hydrogen) atoms. The number of thiophene rings is 1. The average Bonchev–Trinajstić information content (AvgIpc) is 2.75. The molecule has 1 aromatic rings. The van der Waals surface area contributed by atoms with Crippen molar-refractivity contribution in [1.82, 2.24) is 4.31 Å². The predicted molar refractivity (Wildman–Crippen MR) is 73.0 cm³/mol. The lowest BCUT2D eigenvalue weighted by Gasteiger charge is -2.36. The SMILES string of the molecule is C[C@@H]1[C@H](C(=O)O)CCCN1S(=O)(=O)c1sccc1Cl. The second-order valence-electron chi connectivity index (χ2n) is 4.50. The van der Waals surface area contributed by atoms with Crippen LogP contribution in [0.1, 0.15) is 19.8 Å². The molecule has 1 saturated heterocycles. The molecule has 1 aromatic heterocycles. The number of carboxylic acids is 1. The number of hydrogen-bond acceptors (Lipinski definition) is 4. The number of carboxylic acid groups (broad SMARTS) is 1. The first-order valence-corrected chi connectivity index (χ1v) is 8.53. The number of sulfonamides is 1. The summed E-state index contributed by atoms with van der Waals surface area (Å²) in [6.45, 7) is 1.97. The highest BCUT2D eigenvalue weighted by Crippen LogP contribution is 2.34. The van der Waals surface area contributed by atoms with E-state index < -0.39 is 28.0 Å². The Kier molecular flexibility index (Phi) is 4.20. The molecule has 1 N–H and O–H groups in total. The Morgan fingerprint density at radius 1 is 1.58 bits per heavy atom. The molecule has 5 nitrogen and oxygen atoms in total. The molecule has 1 aliphatic heterocycles. The second-order valence-corrected chi connectivity index (χ2v) is 7.91. The van der Waals surface area contributed by atoms with Gasteiger partial charge >= 0.3 is 5.97 Å². The number of hydrogen-bond donors (Lipinski definition) is 1. The summed E-state index contributed by atoms with van der Waals surface area (Å²) in [4.78, 5) is 11.1. The molecule has 1 aliphatic rings. The fourth-order valence-electron chi connectivity index (χ4n) is 2.35. The highest BCUT2D eigenvalue weighted by molar-refractivity contribution is 7.91. The van der Waals surface area contributed by atoms with Gasteiger partial charge in [0.15, 0.2) is 4.21 Å². The lowest BCUT2D eigenvalue weighted by atomic mass is 9.92. The van der Waals surface area contributed by atoms with Crippen molar-refractivity contribution >= 4 is 38.9 Å². The van der Waals surface area contributed by atoms with E-state index in [0.29, 0.717) is 19.4 Å². The van der Waals surface area contributed by atoms with Crippen LogP contribution in [0.2, 0.25) is 5.02 Å². The van der Waals surface area contributed by atoms with Crippen molar-refractivity contribution in [1.29, 1.82) is 0 Å². The summed E-state index contributed by atoms with van der Waals surface area (Å²) in [5.41, 5.74) is 0. The Balaban J connectivity index is 2.35. The lowest BCUT2D eigenvalue weighted by Crippen LogP contribution is -2.48. The molecule has 0 aromatic carbocycles. The second kappa shape index (κ2) is 5.40. The van der Waals surface area contributed by atoms with Crippen molar-refractivity contribution < 1.29 is 18.3 Å². The van der Waals surface area contributed by atoms with Crippen LogP contribution in [-0.2, 0) is 14.8 Å². The maximum Gasteiger partial charge on any atom is 0.308 e. The molecule has 2 atom stereocenters. The van der Waals surface area contributed by atoms with E-state index in [2.05, 4.69) is 0 Å². The summed E-state index contributed by atoms with van der Waals surface area (Å²) in [6.07, 6.45) is 1.05. The average molecular weight is 324 g/mol. The third kappa shape index (κ3) is 2.65. The van der Waals surface area contributed by atoms with Crippen LogP contribution in [0.5, 0.6) is 0 Å². The Bertz CT molecular complexity index is 583. The van der Waals surface area contributed by atoms with Crippen LogP contribution in [-0.4, -0.2) is 36.4 Å². The van der Waals surface area contributed by atoms with Gasteiger partial charge in [0, 0.05) is 12.6 Å². The molecular weight excluding hydrogens is 310 g/mol. The van der Waals surface area contributed by atoms with Crippen molar-refractivity contribution in [3.8, 4) is 0 Å². The van der Waals surface area contributed by atoms with Crippen LogP contribution in [0.25, 0.3) is 0 Å². The summed E-state index contributed by atoms with van der Waals surface area (Å²) in [5, 5.41) is 10.9. The third-order valence-corrected chi connectivity index (χ3v) is 7.36. The normalized spacial score (nSPS) is 25.4. The fourth-order valence-corrected chi connectivity index (χ4v) is 5.85. The number of halogens is 1. The predicted octanol–water partition coefficient (Wildman–Crippen LogP) is 2.28. The highest BCUT2D eigenvalue weighted by Gasteiger charge is 2.40. The molecule has 0 saturated carbocycles. The van der Waals surface area contributed by atoms with Gasteiger partial charge in [-0.05, 0) is 31.2 Å².